The molecule has 1 heterocycles. The fourth-order valence-corrected chi connectivity index (χ4v) is 4.45. The van der Waals surface area contributed by atoms with Crippen LogP contribution in [0.15, 0.2) is 60.7 Å². The maximum absolute atomic E-state index is 12.7. The van der Waals surface area contributed by atoms with E-state index in [0.717, 1.165) is 15.8 Å². The first-order chi connectivity index (χ1) is 15.4. The number of aryl methyl sites for hydroxylation is 1. The molecule has 0 saturated carbocycles. The van der Waals surface area contributed by atoms with Crippen molar-refractivity contribution in [3.05, 3.63) is 87.4 Å². The van der Waals surface area contributed by atoms with Gasteiger partial charge in [-0.15, -0.1) is 0 Å². The van der Waals surface area contributed by atoms with Crippen LogP contribution in [0.25, 0.3) is 10.2 Å². The lowest BCUT2D eigenvalue weighted by Crippen LogP contribution is -2.28. The summed E-state index contributed by atoms with van der Waals surface area (Å²) in [6.45, 7) is 2.21. The average Bonchev–Trinajstić information content (AvgIpc) is 3.16. The van der Waals surface area contributed by atoms with Crippen LogP contribution in [0, 0.1) is 6.92 Å². The minimum atomic E-state index is -0.379. The summed E-state index contributed by atoms with van der Waals surface area (Å²) in [5.74, 6) is -0.273. The lowest BCUT2D eigenvalue weighted by atomic mass is 10.1. The predicted octanol–water partition coefficient (Wildman–Crippen LogP) is 6.49. The summed E-state index contributed by atoms with van der Waals surface area (Å²) >= 11 is 13.4. The molecule has 0 aliphatic carbocycles. The Hall–Kier alpha value is -3.13. The molecule has 3 N–H and O–H groups in total. The van der Waals surface area contributed by atoms with Crippen LogP contribution in [0.1, 0.15) is 21.5 Å². The smallest absolute Gasteiger partial charge is 0.321 e. The molecule has 0 radical (unpaired) electrons. The molecule has 4 aromatic rings. The molecule has 0 spiro atoms. The number of hydrogen-bond donors (Lipinski definition) is 3. The lowest BCUT2D eigenvalue weighted by Gasteiger charge is -2.10. The van der Waals surface area contributed by atoms with Gasteiger partial charge in [0.1, 0.15) is 0 Å². The molecule has 6 nitrogen and oxygen atoms in total. The zero-order valence-corrected chi connectivity index (χ0v) is 19.2. The van der Waals surface area contributed by atoms with Crippen molar-refractivity contribution in [2.24, 2.45) is 0 Å². The topological polar surface area (TPSA) is 83.1 Å². The van der Waals surface area contributed by atoms with Gasteiger partial charge in [0.25, 0.3) is 5.91 Å². The molecule has 0 aliphatic rings. The number of nitrogens with zero attached hydrogens (tertiary/aromatic N) is 1. The third-order valence-electron chi connectivity index (χ3n) is 4.67. The normalized spacial score (nSPS) is 10.7. The zero-order valence-electron chi connectivity index (χ0n) is 16.9. The Morgan fingerprint density at radius 2 is 1.81 bits per heavy atom. The molecule has 9 heteroatoms. The number of para-hydroxylation sites is 1. The standard InChI is InChI=1S/C23H18Cl2N4O2S/c1-13-4-2-7-17(25)20(13)28-21(30)15-8-9-18-19(11-15)32-23(27-18)29-22(31)26-12-14-5-3-6-16(24)10-14/h2-11H,12H2,1H3,(H,28,30)(H2,26,27,29,31). The number of nitrogens with one attached hydrogen (secondary N) is 3. The largest absolute Gasteiger partial charge is 0.334 e. The highest BCUT2D eigenvalue weighted by molar-refractivity contribution is 7.22. The van der Waals surface area contributed by atoms with Crippen LogP contribution in [-0.4, -0.2) is 16.9 Å². The molecular weight excluding hydrogens is 467 g/mol. The quantitative estimate of drug-likeness (QED) is 0.302. The SMILES string of the molecule is Cc1cccc(Cl)c1NC(=O)c1ccc2nc(NC(=O)NCc3cccc(Cl)c3)sc2c1. The minimum Gasteiger partial charge on any atom is -0.334 e. The molecule has 0 fully saturated rings. The van der Waals surface area contributed by atoms with E-state index in [2.05, 4.69) is 20.9 Å². The fraction of sp³-hybridized carbons (Fsp3) is 0.0870. The van der Waals surface area contributed by atoms with E-state index in [1.807, 2.05) is 31.2 Å². The maximum atomic E-state index is 12.7. The van der Waals surface area contributed by atoms with Crippen LogP contribution >= 0.6 is 34.5 Å². The predicted molar refractivity (Wildman–Crippen MR) is 131 cm³/mol. The Kier molecular flexibility index (Phi) is 6.60. The van der Waals surface area contributed by atoms with E-state index in [1.54, 1.807) is 36.4 Å². The zero-order chi connectivity index (χ0) is 22.7. The monoisotopic (exact) mass is 484 g/mol. The number of rotatable bonds is 5. The van der Waals surface area contributed by atoms with Crippen molar-refractivity contribution >= 4 is 67.5 Å². The highest BCUT2D eigenvalue weighted by Gasteiger charge is 2.13. The number of thiazole rings is 1. The van der Waals surface area contributed by atoms with Crippen LogP contribution in [-0.2, 0) is 6.54 Å². The van der Waals surface area contributed by atoms with Gasteiger partial charge in [0.2, 0.25) is 0 Å². The van der Waals surface area contributed by atoms with Gasteiger partial charge >= 0.3 is 6.03 Å². The number of anilines is 2. The summed E-state index contributed by atoms with van der Waals surface area (Å²) in [4.78, 5) is 29.3. The first-order valence-corrected chi connectivity index (χ1v) is 11.2. The van der Waals surface area contributed by atoms with E-state index in [9.17, 15) is 9.59 Å². The number of carbonyl (C=O) groups excluding carboxylic acids is 2. The van der Waals surface area contributed by atoms with Crippen LogP contribution in [0.2, 0.25) is 10.0 Å². The van der Waals surface area contributed by atoms with Crippen LogP contribution < -0.4 is 16.0 Å². The summed E-state index contributed by atoms with van der Waals surface area (Å²) in [6, 6.07) is 17.5. The minimum absolute atomic E-state index is 0.273. The number of aromatic nitrogens is 1. The number of fused-ring (bicyclic) bond motifs is 1. The van der Waals surface area contributed by atoms with Crippen LogP contribution in [0.4, 0.5) is 15.6 Å². The molecule has 1 aromatic heterocycles. The van der Waals surface area contributed by atoms with Gasteiger partial charge in [-0.3, -0.25) is 10.1 Å². The highest BCUT2D eigenvalue weighted by atomic mass is 35.5. The van der Waals surface area contributed by atoms with Crippen molar-refractivity contribution in [3.63, 3.8) is 0 Å². The van der Waals surface area contributed by atoms with E-state index in [1.165, 1.54) is 11.3 Å². The van der Waals surface area contributed by atoms with Crippen LogP contribution in [0.5, 0.6) is 0 Å². The summed E-state index contributed by atoms with van der Waals surface area (Å²) in [5.41, 5.74) is 3.51. The molecule has 0 saturated heterocycles. The number of hydrogen-bond acceptors (Lipinski definition) is 4. The van der Waals surface area contributed by atoms with E-state index in [-0.39, 0.29) is 11.9 Å². The molecule has 0 unspecified atom stereocenters. The first-order valence-electron chi connectivity index (χ1n) is 9.65. The Morgan fingerprint density at radius 1 is 1.00 bits per heavy atom. The molecule has 4 rings (SSSR count). The second kappa shape index (κ2) is 9.56. The van der Waals surface area contributed by atoms with Gasteiger partial charge in [-0.25, -0.2) is 9.78 Å². The molecule has 0 atom stereocenters. The second-order valence-electron chi connectivity index (χ2n) is 7.02. The highest BCUT2D eigenvalue weighted by Crippen LogP contribution is 2.29. The van der Waals surface area contributed by atoms with Gasteiger partial charge in [-0.05, 0) is 54.4 Å². The van der Waals surface area contributed by atoms with Gasteiger partial charge in [-0.2, -0.15) is 0 Å². The summed E-state index contributed by atoms with van der Waals surface area (Å²) in [5, 5.41) is 9.88. The Balaban J connectivity index is 1.43. The summed E-state index contributed by atoms with van der Waals surface area (Å²) in [6.07, 6.45) is 0. The second-order valence-corrected chi connectivity index (χ2v) is 8.90. The van der Waals surface area contributed by atoms with E-state index < -0.39 is 0 Å². The van der Waals surface area contributed by atoms with E-state index >= 15 is 0 Å². The van der Waals surface area contributed by atoms with Gasteiger partial charge in [0.15, 0.2) is 5.13 Å². The van der Waals surface area contributed by atoms with Gasteiger partial charge in [0.05, 0.1) is 20.9 Å². The maximum Gasteiger partial charge on any atom is 0.321 e. The fourth-order valence-electron chi connectivity index (χ4n) is 3.07. The lowest BCUT2D eigenvalue weighted by molar-refractivity contribution is 0.102. The van der Waals surface area contributed by atoms with Crippen LogP contribution in [0.3, 0.4) is 0 Å². The van der Waals surface area contributed by atoms with Gasteiger partial charge in [-0.1, -0.05) is 58.8 Å². The molecule has 3 amide bonds. The Morgan fingerprint density at radius 3 is 2.59 bits per heavy atom. The number of carbonyl (C=O) groups is 2. The van der Waals surface area contributed by atoms with Crippen molar-refractivity contribution in [1.29, 1.82) is 0 Å². The number of benzene rings is 3. The average molecular weight is 485 g/mol. The summed E-state index contributed by atoms with van der Waals surface area (Å²) in [7, 11) is 0. The van der Waals surface area contributed by atoms with E-state index in [0.29, 0.717) is 38.5 Å². The summed E-state index contributed by atoms with van der Waals surface area (Å²) < 4.78 is 0.777. The Labute approximate surface area is 198 Å². The number of urea groups is 1. The van der Waals surface area contributed by atoms with E-state index in [4.69, 9.17) is 23.2 Å². The third kappa shape index (κ3) is 5.19. The van der Waals surface area contributed by atoms with Crippen molar-refractivity contribution in [3.8, 4) is 0 Å². The van der Waals surface area contributed by atoms with Crippen molar-refractivity contribution in [2.45, 2.75) is 13.5 Å². The van der Waals surface area contributed by atoms with Gasteiger partial charge in [0, 0.05) is 17.1 Å². The molecule has 32 heavy (non-hydrogen) atoms. The molecule has 162 valence electrons. The van der Waals surface area contributed by atoms with Crippen molar-refractivity contribution in [2.75, 3.05) is 10.6 Å². The Bertz CT molecular complexity index is 1300. The van der Waals surface area contributed by atoms with Crippen molar-refractivity contribution in [1.82, 2.24) is 10.3 Å². The molecule has 0 bridgehead atoms. The molecule has 0 aliphatic heterocycles. The third-order valence-corrected chi connectivity index (χ3v) is 6.16. The first kappa shape index (κ1) is 22.1. The number of halogens is 2. The molecular formula is C23H18Cl2N4O2S. The number of amides is 3. The molecule has 3 aromatic carbocycles. The van der Waals surface area contributed by atoms with Gasteiger partial charge < -0.3 is 10.6 Å². The van der Waals surface area contributed by atoms with Crippen molar-refractivity contribution < 1.29 is 9.59 Å².